The zero-order valence-electron chi connectivity index (χ0n) is 8.18. The molecule has 0 amide bonds. The third-order valence-corrected chi connectivity index (χ3v) is 3.70. The van der Waals surface area contributed by atoms with Gasteiger partial charge in [-0.15, -0.1) is 0 Å². The number of fused-ring (bicyclic) bond motifs is 1. The van der Waals surface area contributed by atoms with Crippen molar-refractivity contribution in [3.05, 3.63) is 11.6 Å². The Morgan fingerprint density at radius 1 is 1.42 bits per heavy atom. The molecule has 0 bridgehead atoms. The third-order valence-electron chi connectivity index (χ3n) is 3.70. The lowest BCUT2D eigenvalue weighted by Crippen LogP contribution is -2.18. The maximum atomic E-state index is 2.56. The zero-order valence-corrected chi connectivity index (χ0v) is 8.18. The molecule has 2 atom stereocenters. The summed E-state index contributed by atoms with van der Waals surface area (Å²) in [5.74, 6) is 2.01. The fourth-order valence-electron chi connectivity index (χ4n) is 2.80. The van der Waals surface area contributed by atoms with Crippen LogP contribution in [0.3, 0.4) is 0 Å². The van der Waals surface area contributed by atoms with E-state index in [-0.39, 0.29) is 0 Å². The van der Waals surface area contributed by atoms with Crippen molar-refractivity contribution in [1.29, 1.82) is 0 Å². The summed E-state index contributed by atoms with van der Waals surface area (Å²) in [4.78, 5) is 0. The predicted molar refractivity (Wildman–Crippen MR) is 53.1 cm³/mol. The Hall–Kier alpha value is -0.260. The van der Waals surface area contributed by atoms with Gasteiger partial charge in [0, 0.05) is 0 Å². The molecule has 1 saturated carbocycles. The van der Waals surface area contributed by atoms with E-state index in [1.54, 1.807) is 0 Å². The van der Waals surface area contributed by atoms with E-state index < -0.39 is 0 Å². The molecule has 0 spiro atoms. The van der Waals surface area contributed by atoms with E-state index in [4.69, 9.17) is 0 Å². The monoisotopic (exact) mass is 164 g/mol. The molecule has 0 nitrogen and oxygen atoms in total. The zero-order chi connectivity index (χ0) is 8.39. The third kappa shape index (κ3) is 1.57. The minimum absolute atomic E-state index is 0.998. The van der Waals surface area contributed by atoms with Crippen LogP contribution < -0.4 is 0 Å². The lowest BCUT2D eigenvalue weighted by atomic mass is 9.73. The molecule has 0 heterocycles. The van der Waals surface area contributed by atoms with Crippen molar-refractivity contribution >= 4 is 0 Å². The molecule has 0 aliphatic heterocycles. The van der Waals surface area contributed by atoms with E-state index in [1.165, 1.54) is 44.9 Å². The van der Waals surface area contributed by atoms with Crippen LogP contribution in [0.2, 0.25) is 0 Å². The number of allylic oxidation sites excluding steroid dienone is 2. The Morgan fingerprint density at radius 3 is 3.17 bits per heavy atom. The highest BCUT2D eigenvalue weighted by molar-refractivity contribution is 5.12. The first-order valence-corrected chi connectivity index (χ1v) is 5.59. The summed E-state index contributed by atoms with van der Waals surface area (Å²) in [6, 6.07) is 0. The summed E-state index contributed by atoms with van der Waals surface area (Å²) in [7, 11) is 0. The molecule has 0 saturated heterocycles. The SMILES string of the molecule is CCC1CC=C2CCCCC2C1. The van der Waals surface area contributed by atoms with Gasteiger partial charge in [0.15, 0.2) is 0 Å². The van der Waals surface area contributed by atoms with Crippen LogP contribution in [0.25, 0.3) is 0 Å². The molecule has 2 unspecified atom stereocenters. The second-order valence-corrected chi connectivity index (χ2v) is 4.47. The minimum atomic E-state index is 0.998. The molecule has 1 fully saturated rings. The molecule has 2 rings (SSSR count). The van der Waals surface area contributed by atoms with Gasteiger partial charge in [-0.25, -0.2) is 0 Å². The fourth-order valence-corrected chi connectivity index (χ4v) is 2.80. The molecule has 0 N–H and O–H groups in total. The smallest absolute Gasteiger partial charge is 0.0200 e. The number of hydrogen-bond donors (Lipinski definition) is 0. The fraction of sp³-hybridized carbons (Fsp3) is 0.833. The average Bonchev–Trinajstić information content (AvgIpc) is 2.17. The van der Waals surface area contributed by atoms with E-state index in [1.807, 2.05) is 5.57 Å². The van der Waals surface area contributed by atoms with Crippen molar-refractivity contribution in [2.75, 3.05) is 0 Å². The van der Waals surface area contributed by atoms with Gasteiger partial charge in [-0.2, -0.15) is 0 Å². The minimum Gasteiger partial charge on any atom is -0.0848 e. The van der Waals surface area contributed by atoms with Gasteiger partial charge in [0.1, 0.15) is 0 Å². The Kier molecular flexibility index (Phi) is 2.53. The predicted octanol–water partition coefficient (Wildman–Crippen LogP) is 3.92. The van der Waals surface area contributed by atoms with Crippen molar-refractivity contribution in [2.45, 2.75) is 51.9 Å². The second-order valence-electron chi connectivity index (χ2n) is 4.47. The van der Waals surface area contributed by atoms with Crippen LogP contribution in [0.15, 0.2) is 11.6 Å². The standard InChI is InChI=1S/C12H20/c1-2-10-7-8-11-5-3-4-6-12(11)9-10/h8,10,12H,2-7,9H2,1H3. The molecule has 2 aliphatic rings. The summed E-state index contributed by atoms with van der Waals surface area (Å²) in [6.45, 7) is 2.34. The lowest BCUT2D eigenvalue weighted by molar-refractivity contribution is 0.322. The van der Waals surface area contributed by atoms with Gasteiger partial charge in [-0.3, -0.25) is 0 Å². The van der Waals surface area contributed by atoms with E-state index in [0.717, 1.165) is 11.8 Å². The summed E-state index contributed by atoms with van der Waals surface area (Å²) in [5, 5.41) is 0. The van der Waals surface area contributed by atoms with Crippen LogP contribution in [-0.2, 0) is 0 Å². The normalized spacial score (nSPS) is 35.6. The van der Waals surface area contributed by atoms with Crippen molar-refractivity contribution in [2.24, 2.45) is 11.8 Å². The van der Waals surface area contributed by atoms with Crippen molar-refractivity contribution in [3.63, 3.8) is 0 Å². The van der Waals surface area contributed by atoms with Crippen LogP contribution in [0.4, 0.5) is 0 Å². The van der Waals surface area contributed by atoms with Gasteiger partial charge in [0.2, 0.25) is 0 Å². The molecule has 0 aromatic carbocycles. The molecular formula is C12H20. The Bertz CT molecular complexity index is 178. The summed E-state index contributed by atoms with van der Waals surface area (Å²) in [5.41, 5.74) is 1.81. The van der Waals surface area contributed by atoms with Crippen LogP contribution in [0.5, 0.6) is 0 Å². The van der Waals surface area contributed by atoms with Crippen molar-refractivity contribution in [3.8, 4) is 0 Å². The van der Waals surface area contributed by atoms with E-state index in [2.05, 4.69) is 13.0 Å². The summed E-state index contributed by atoms with van der Waals surface area (Å²) < 4.78 is 0. The summed E-state index contributed by atoms with van der Waals surface area (Å²) in [6.07, 6.45) is 12.7. The first-order valence-electron chi connectivity index (χ1n) is 5.59. The Balaban J connectivity index is 2.02. The molecule has 0 aromatic heterocycles. The highest BCUT2D eigenvalue weighted by Crippen LogP contribution is 2.39. The van der Waals surface area contributed by atoms with E-state index in [0.29, 0.717) is 0 Å². The van der Waals surface area contributed by atoms with Crippen molar-refractivity contribution in [1.82, 2.24) is 0 Å². The highest BCUT2D eigenvalue weighted by Gasteiger charge is 2.24. The largest absolute Gasteiger partial charge is 0.0848 e. The van der Waals surface area contributed by atoms with Crippen molar-refractivity contribution < 1.29 is 0 Å². The quantitative estimate of drug-likeness (QED) is 0.515. The van der Waals surface area contributed by atoms with Gasteiger partial charge in [-0.1, -0.05) is 31.4 Å². The molecule has 0 heteroatoms. The molecule has 0 radical (unpaired) electrons. The van der Waals surface area contributed by atoms with Gasteiger partial charge in [0.05, 0.1) is 0 Å². The van der Waals surface area contributed by atoms with Crippen LogP contribution in [0, 0.1) is 11.8 Å². The maximum absolute atomic E-state index is 2.56. The van der Waals surface area contributed by atoms with Gasteiger partial charge in [0.25, 0.3) is 0 Å². The maximum Gasteiger partial charge on any atom is -0.0200 e. The average molecular weight is 164 g/mol. The van der Waals surface area contributed by atoms with Crippen LogP contribution in [0.1, 0.15) is 51.9 Å². The molecule has 68 valence electrons. The van der Waals surface area contributed by atoms with E-state index in [9.17, 15) is 0 Å². The lowest BCUT2D eigenvalue weighted by Gasteiger charge is -2.32. The highest BCUT2D eigenvalue weighted by atomic mass is 14.3. The molecule has 2 aliphatic carbocycles. The van der Waals surface area contributed by atoms with E-state index >= 15 is 0 Å². The van der Waals surface area contributed by atoms with Gasteiger partial charge >= 0.3 is 0 Å². The molecule has 0 aromatic rings. The number of rotatable bonds is 1. The topological polar surface area (TPSA) is 0 Å². The van der Waals surface area contributed by atoms with Gasteiger partial charge in [-0.05, 0) is 43.9 Å². The van der Waals surface area contributed by atoms with Crippen LogP contribution in [-0.4, -0.2) is 0 Å². The summed E-state index contributed by atoms with van der Waals surface area (Å²) >= 11 is 0. The Morgan fingerprint density at radius 2 is 2.33 bits per heavy atom. The van der Waals surface area contributed by atoms with Crippen LogP contribution >= 0.6 is 0 Å². The van der Waals surface area contributed by atoms with Gasteiger partial charge < -0.3 is 0 Å². The Labute approximate surface area is 76.1 Å². The first kappa shape index (κ1) is 8.34. The number of hydrogen-bond acceptors (Lipinski definition) is 0. The first-order chi connectivity index (χ1) is 5.90. The molecular weight excluding hydrogens is 144 g/mol. The molecule has 12 heavy (non-hydrogen) atoms. The second kappa shape index (κ2) is 3.64.